The molecule has 1 aliphatic heterocycles. The fraction of sp³-hybridized carbons (Fsp3) is 1.00. The third-order valence-electron chi connectivity index (χ3n) is 3.34. The van der Waals surface area contributed by atoms with Gasteiger partial charge in [-0.05, 0) is 45.1 Å². The molecule has 1 rings (SSSR count). The van der Waals surface area contributed by atoms with Gasteiger partial charge in [-0.15, -0.1) is 0 Å². The average molecular weight is 243 g/mol. The smallest absolute Gasteiger partial charge is 0.0809 e. The van der Waals surface area contributed by atoms with Crippen LogP contribution in [0.4, 0.5) is 0 Å². The first kappa shape index (κ1) is 14.9. The minimum absolute atomic E-state index is 0.371. The zero-order valence-corrected chi connectivity index (χ0v) is 11.5. The lowest BCUT2D eigenvalue weighted by molar-refractivity contribution is 0.0157. The second-order valence-corrected chi connectivity index (χ2v) is 4.91. The zero-order chi connectivity index (χ0) is 12.3. The van der Waals surface area contributed by atoms with Gasteiger partial charge in [-0.25, -0.2) is 0 Å². The second-order valence-electron chi connectivity index (χ2n) is 4.91. The van der Waals surface area contributed by atoms with Crippen LogP contribution in [0, 0.1) is 0 Å². The van der Waals surface area contributed by atoms with Crippen molar-refractivity contribution in [2.75, 3.05) is 26.4 Å². The Morgan fingerprint density at radius 1 is 1.41 bits per heavy atom. The van der Waals surface area contributed by atoms with Crippen LogP contribution in [0.3, 0.4) is 0 Å². The van der Waals surface area contributed by atoms with E-state index in [1.165, 1.54) is 32.1 Å². The van der Waals surface area contributed by atoms with E-state index in [0.717, 1.165) is 32.8 Å². The molecular formula is C14H29NO2. The number of nitrogens with one attached hydrogen (secondary N) is 1. The van der Waals surface area contributed by atoms with Crippen molar-refractivity contribution in [3.8, 4) is 0 Å². The maximum Gasteiger partial charge on any atom is 0.0809 e. The second kappa shape index (κ2) is 9.86. The maximum absolute atomic E-state index is 5.66. The Labute approximate surface area is 106 Å². The Hall–Kier alpha value is -0.120. The molecule has 1 aliphatic rings. The molecule has 1 fully saturated rings. The molecule has 1 N–H and O–H groups in total. The molecular weight excluding hydrogens is 214 g/mol. The molecule has 102 valence electrons. The molecule has 3 nitrogen and oxygen atoms in total. The highest BCUT2D eigenvalue weighted by Crippen LogP contribution is 2.12. The van der Waals surface area contributed by atoms with Gasteiger partial charge in [0.15, 0.2) is 0 Å². The van der Waals surface area contributed by atoms with Crippen LogP contribution in [0.5, 0.6) is 0 Å². The van der Waals surface area contributed by atoms with Crippen LogP contribution in [-0.4, -0.2) is 38.5 Å². The van der Waals surface area contributed by atoms with Crippen LogP contribution in [0.1, 0.15) is 52.4 Å². The molecule has 0 aromatic heterocycles. The molecule has 0 spiro atoms. The van der Waals surface area contributed by atoms with Crippen molar-refractivity contribution in [2.45, 2.75) is 64.5 Å². The first-order valence-electron chi connectivity index (χ1n) is 7.29. The van der Waals surface area contributed by atoms with Gasteiger partial charge in [0.1, 0.15) is 0 Å². The number of hydrogen-bond donors (Lipinski definition) is 1. The van der Waals surface area contributed by atoms with Gasteiger partial charge in [-0.1, -0.05) is 13.8 Å². The summed E-state index contributed by atoms with van der Waals surface area (Å²) in [5, 5.41) is 3.57. The Balaban J connectivity index is 1.90. The predicted octanol–water partition coefficient (Wildman–Crippen LogP) is 2.74. The Bertz CT molecular complexity index is 170. The molecule has 0 radical (unpaired) electrons. The molecule has 0 saturated carbocycles. The van der Waals surface area contributed by atoms with Gasteiger partial charge in [-0.2, -0.15) is 0 Å². The van der Waals surface area contributed by atoms with Crippen molar-refractivity contribution in [2.24, 2.45) is 0 Å². The summed E-state index contributed by atoms with van der Waals surface area (Å²) < 4.78 is 11.2. The summed E-state index contributed by atoms with van der Waals surface area (Å²) in [5.74, 6) is 0. The highest BCUT2D eigenvalue weighted by Gasteiger charge is 2.15. The van der Waals surface area contributed by atoms with Gasteiger partial charge in [0.25, 0.3) is 0 Å². The largest absolute Gasteiger partial charge is 0.379 e. The zero-order valence-electron chi connectivity index (χ0n) is 11.5. The molecule has 1 heterocycles. The number of rotatable bonds is 10. The SMILES string of the molecule is CCCNC(CC)CCCOCC1CCCO1. The van der Waals surface area contributed by atoms with Crippen LogP contribution >= 0.6 is 0 Å². The van der Waals surface area contributed by atoms with Crippen LogP contribution < -0.4 is 5.32 Å². The van der Waals surface area contributed by atoms with Crippen LogP contribution in [0.2, 0.25) is 0 Å². The maximum atomic E-state index is 5.66. The van der Waals surface area contributed by atoms with Crippen LogP contribution in [-0.2, 0) is 9.47 Å². The van der Waals surface area contributed by atoms with Crippen LogP contribution in [0.15, 0.2) is 0 Å². The molecule has 0 aromatic rings. The monoisotopic (exact) mass is 243 g/mol. The van der Waals surface area contributed by atoms with Crippen molar-refractivity contribution in [3.63, 3.8) is 0 Å². The summed E-state index contributed by atoms with van der Waals surface area (Å²) >= 11 is 0. The van der Waals surface area contributed by atoms with E-state index in [1.807, 2.05) is 0 Å². The molecule has 0 aliphatic carbocycles. The highest BCUT2D eigenvalue weighted by molar-refractivity contribution is 4.65. The molecule has 0 amide bonds. The molecule has 17 heavy (non-hydrogen) atoms. The summed E-state index contributed by atoms with van der Waals surface area (Å²) in [6.45, 7) is 8.19. The van der Waals surface area contributed by atoms with Crippen LogP contribution in [0.25, 0.3) is 0 Å². The normalized spacial score (nSPS) is 21.9. The van der Waals surface area contributed by atoms with Crippen molar-refractivity contribution in [1.82, 2.24) is 5.32 Å². The summed E-state index contributed by atoms with van der Waals surface area (Å²) in [5.41, 5.74) is 0. The van der Waals surface area contributed by atoms with Crippen molar-refractivity contribution in [1.29, 1.82) is 0 Å². The van der Waals surface area contributed by atoms with Crippen molar-refractivity contribution >= 4 is 0 Å². The van der Waals surface area contributed by atoms with E-state index in [9.17, 15) is 0 Å². The van der Waals surface area contributed by atoms with Gasteiger partial charge >= 0.3 is 0 Å². The van der Waals surface area contributed by atoms with Crippen molar-refractivity contribution in [3.05, 3.63) is 0 Å². The summed E-state index contributed by atoms with van der Waals surface area (Å²) in [6, 6.07) is 0.668. The van der Waals surface area contributed by atoms with Gasteiger partial charge in [-0.3, -0.25) is 0 Å². The fourth-order valence-electron chi connectivity index (χ4n) is 2.22. The predicted molar refractivity (Wildman–Crippen MR) is 71.4 cm³/mol. The third-order valence-corrected chi connectivity index (χ3v) is 3.34. The van der Waals surface area contributed by atoms with E-state index in [4.69, 9.17) is 9.47 Å². The Morgan fingerprint density at radius 2 is 2.29 bits per heavy atom. The molecule has 2 unspecified atom stereocenters. The minimum atomic E-state index is 0.371. The van der Waals surface area contributed by atoms with E-state index in [1.54, 1.807) is 0 Å². The quantitative estimate of drug-likeness (QED) is 0.598. The summed E-state index contributed by atoms with van der Waals surface area (Å²) in [4.78, 5) is 0. The first-order chi connectivity index (χ1) is 8.36. The summed E-state index contributed by atoms with van der Waals surface area (Å²) in [7, 11) is 0. The van der Waals surface area contributed by atoms with Gasteiger partial charge in [0.05, 0.1) is 12.7 Å². The fourth-order valence-corrected chi connectivity index (χ4v) is 2.22. The lowest BCUT2D eigenvalue weighted by Crippen LogP contribution is -2.29. The lowest BCUT2D eigenvalue weighted by atomic mass is 10.1. The third kappa shape index (κ3) is 7.02. The van der Waals surface area contributed by atoms with E-state index < -0.39 is 0 Å². The van der Waals surface area contributed by atoms with E-state index in [0.29, 0.717) is 12.1 Å². The standard InChI is InChI=1S/C14H29NO2/c1-3-9-15-13(4-2)7-5-10-16-12-14-8-6-11-17-14/h13-15H,3-12H2,1-2H3. The first-order valence-corrected chi connectivity index (χ1v) is 7.29. The van der Waals surface area contributed by atoms with Gasteiger partial charge in [0, 0.05) is 19.3 Å². The molecule has 2 atom stereocenters. The molecule has 0 aromatic carbocycles. The molecule has 3 heteroatoms. The summed E-state index contributed by atoms with van der Waals surface area (Å²) in [6.07, 6.45) is 7.56. The van der Waals surface area contributed by atoms with E-state index >= 15 is 0 Å². The van der Waals surface area contributed by atoms with E-state index in [2.05, 4.69) is 19.2 Å². The Kier molecular flexibility index (Phi) is 8.67. The van der Waals surface area contributed by atoms with Crippen molar-refractivity contribution < 1.29 is 9.47 Å². The van der Waals surface area contributed by atoms with Gasteiger partial charge < -0.3 is 14.8 Å². The van der Waals surface area contributed by atoms with Gasteiger partial charge in [0.2, 0.25) is 0 Å². The van der Waals surface area contributed by atoms with E-state index in [-0.39, 0.29) is 0 Å². The highest BCUT2D eigenvalue weighted by atomic mass is 16.5. The molecule has 1 saturated heterocycles. The number of hydrogen-bond acceptors (Lipinski definition) is 3. The lowest BCUT2D eigenvalue weighted by Gasteiger charge is -2.16. The number of ether oxygens (including phenoxy) is 2. The Morgan fingerprint density at radius 3 is 2.94 bits per heavy atom. The molecule has 0 bridgehead atoms. The minimum Gasteiger partial charge on any atom is -0.379 e. The topological polar surface area (TPSA) is 30.5 Å². The average Bonchev–Trinajstić information content (AvgIpc) is 2.85.